The summed E-state index contributed by atoms with van der Waals surface area (Å²) in [7, 11) is 2.22. The summed E-state index contributed by atoms with van der Waals surface area (Å²) in [5, 5.41) is 0. The average molecular weight is 248 g/mol. The molecule has 0 spiro atoms. The van der Waals surface area contributed by atoms with E-state index in [0.717, 1.165) is 30.5 Å². The highest BCUT2D eigenvalue weighted by Gasteiger charge is 2.24. The normalized spacial score (nSPS) is 19.8. The van der Waals surface area contributed by atoms with Crippen molar-refractivity contribution in [2.75, 3.05) is 38.1 Å². The molecule has 1 fully saturated rings. The van der Waals surface area contributed by atoms with Gasteiger partial charge in [-0.3, -0.25) is 0 Å². The maximum absolute atomic E-state index is 4.41. The Balaban J connectivity index is 1.86. The molecule has 1 aliphatic heterocycles. The van der Waals surface area contributed by atoms with Gasteiger partial charge in [0.05, 0.1) is 0 Å². The van der Waals surface area contributed by atoms with E-state index >= 15 is 0 Å². The standard InChI is InChI=1S/C14H24N4/c1-4-6-17(3)10-13-5-7-18(11-13)14-15-8-12(2)9-16-14/h8-9,13H,4-7,10-11H2,1-3H3. The van der Waals surface area contributed by atoms with Crippen LogP contribution < -0.4 is 4.90 Å². The first kappa shape index (κ1) is 13.3. The van der Waals surface area contributed by atoms with E-state index in [1.807, 2.05) is 19.3 Å². The molecule has 1 aliphatic rings. The van der Waals surface area contributed by atoms with Gasteiger partial charge in [0.25, 0.3) is 0 Å². The van der Waals surface area contributed by atoms with Gasteiger partial charge >= 0.3 is 0 Å². The number of aryl methyl sites for hydroxylation is 1. The fraction of sp³-hybridized carbons (Fsp3) is 0.714. The van der Waals surface area contributed by atoms with Crippen molar-refractivity contribution in [1.82, 2.24) is 14.9 Å². The van der Waals surface area contributed by atoms with Gasteiger partial charge in [0, 0.05) is 32.0 Å². The number of hydrogen-bond donors (Lipinski definition) is 0. The zero-order chi connectivity index (χ0) is 13.0. The van der Waals surface area contributed by atoms with Gasteiger partial charge in [0.1, 0.15) is 0 Å². The highest BCUT2D eigenvalue weighted by molar-refractivity contribution is 5.31. The lowest BCUT2D eigenvalue weighted by Gasteiger charge is -2.21. The predicted molar refractivity (Wildman–Crippen MR) is 74.9 cm³/mol. The first-order chi connectivity index (χ1) is 8.69. The van der Waals surface area contributed by atoms with Crippen LogP contribution in [0.3, 0.4) is 0 Å². The Labute approximate surface area is 110 Å². The van der Waals surface area contributed by atoms with Gasteiger partial charge in [-0.15, -0.1) is 0 Å². The molecule has 18 heavy (non-hydrogen) atoms. The molecule has 4 heteroatoms. The molecule has 0 radical (unpaired) electrons. The molecule has 1 unspecified atom stereocenters. The molecule has 100 valence electrons. The molecule has 0 N–H and O–H groups in total. The molecule has 0 aliphatic carbocycles. The average Bonchev–Trinajstić information content (AvgIpc) is 2.78. The summed E-state index contributed by atoms with van der Waals surface area (Å²) >= 11 is 0. The minimum atomic E-state index is 0.756. The molecule has 0 bridgehead atoms. The second-order valence-corrected chi connectivity index (χ2v) is 5.42. The third kappa shape index (κ3) is 3.42. The first-order valence-corrected chi connectivity index (χ1v) is 6.91. The van der Waals surface area contributed by atoms with E-state index in [0.29, 0.717) is 0 Å². The lowest BCUT2D eigenvalue weighted by Crippen LogP contribution is -2.29. The Hall–Kier alpha value is -1.16. The molecule has 2 heterocycles. The SMILES string of the molecule is CCCN(C)CC1CCN(c2ncc(C)cn2)C1. The maximum atomic E-state index is 4.41. The van der Waals surface area contributed by atoms with E-state index in [-0.39, 0.29) is 0 Å². The summed E-state index contributed by atoms with van der Waals surface area (Å²) in [6.07, 6.45) is 6.29. The zero-order valence-corrected chi connectivity index (χ0v) is 11.8. The van der Waals surface area contributed by atoms with Crippen molar-refractivity contribution in [2.24, 2.45) is 5.92 Å². The molecule has 0 saturated carbocycles. The lowest BCUT2D eigenvalue weighted by atomic mass is 10.1. The fourth-order valence-electron chi connectivity index (χ4n) is 2.63. The smallest absolute Gasteiger partial charge is 0.225 e. The Kier molecular flexibility index (Phi) is 4.53. The quantitative estimate of drug-likeness (QED) is 0.797. The van der Waals surface area contributed by atoms with Crippen molar-refractivity contribution in [3.05, 3.63) is 18.0 Å². The van der Waals surface area contributed by atoms with Crippen LogP contribution >= 0.6 is 0 Å². The van der Waals surface area contributed by atoms with Crippen LogP contribution in [0, 0.1) is 12.8 Å². The Morgan fingerprint density at radius 1 is 1.39 bits per heavy atom. The molecule has 1 atom stereocenters. The minimum Gasteiger partial charge on any atom is -0.340 e. The topological polar surface area (TPSA) is 32.3 Å². The van der Waals surface area contributed by atoms with Gasteiger partial charge in [0.2, 0.25) is 5.95 Å². The lowest BCUT2D eigenvalue weighted by molar-refractivity contribution is 0.287. The van der Waals surface area contributed by atoms with Crippen LogP contribution in [0.1, 0.15) is 25.3 Å². The van der Waals surface area contributed by atoms with E-state index in [1.54, 1.807) is 0 Å². The van der Waals surface area contributed by atoms with E-state index < -0.39 is 0 Å². The largest absolute Gasteiger partial charge is 0.340 e. The van der Waals surface area contributed by atoms with Crippen molar-refractivity contribution in [1.29, 1.82) is 0 Å². The molecule has 1 saturated heterocycles. The number of rotatable bonds is 5. The van der Waals surface area contributed by atoms with Crippen LogP contribution in [0.4, 0.5) is 5.95 Å². The van der Waals surface area contributed by atoms with Gasteiger partial charge < -0.3 is 9.80 Å². The Bertz CT molecular complexity index is 363. The molecular formula is C14H24N4. The van der Waals surface area contributed by atoms with Crippen LogP contribution in [0.5, 0.6) is 0 Å². The summed E-state index contributed by atoms with van der Waals surface area (Å²) in [5.41, 5.74) is 1.12. The van der Waals surface area contributed by atoms with Gasteiger partial charge in [-0.05, 0) is 44.8 Å². The van der Waals surface area contributed by atoms with Gasteiger partial charge in [-0.25, -0.2) is 9.97 Å². The molecule has 2 rings (SSSR count). The third-order valence-electron chi connectivity index (χ3n) is 3.51. The molecule has 1 aromatic rings. The zero-order valence-electron chi connectivity index (χ0n) is 11.8. The van der Waals surface area contributed by atoms with Crippen molar-refractivity contribution < 1.29 is 0 Å². The maximum Gasteiger partial charge on any atom is 0.225 e. The molecular weight excluding hydrogens is 224 g/mol. The van der Waals surface area contributed by atoms with Gasteiger partial charge in [-0.2, -0.15) is 0 Å². The predicted octanol–water partition coefficient (Wildman–Crippen LogP) is 1.95. The summed E-state index contributed by atoms with van der Waals surface area (Å²) in [5.74, 6) is 1.65. The summed E-state index contributed by atoms with van der Waals surface area (Å²) in [6, 6.07) is 0. The van der Waals surface area contributed by atoms with Crippen LogP contribution in [0.25, 0.3) is 0 Å². The van der Waals surface area contributed by atoms with E-state index in [4.69, 9.17) is 0 Å². The van der Waals surface area contributed by atoms with E-state index in [9.17, 15) is 0 Å². The fourth-order valence-corrected chi connectivity index (χ4v) is 2.63. The summed E-state index contributed by atoms with van der Waals surface area (Å²) in [4.78, 5) is 13.6. The summed E-state index contributed by atoms with van der Waals surface area (Å²) < 4.78 is 0. The number of anilines is 1. The highest BCUT2D eigenvalue weighted by Crippen LogP contribution is 2.21. The van der Waals surface area contributed by atoms with Crippen molar-refractivity contribution in [3.63, 3.8) is 0 Å². The first-order valence-electron chi connectivity index (χ1n) is 6.91. The van der Waals surface area contributed by atoms with Gasteiger partial charge in [-0.1, -0.05) is 6.92 Å². The van der Waals surface area contributed by atoms with Crippen LogP contribution in [-0.2, 0) is 0 Å². The van der Waals surface area contributed by atoms with Gasteiger partial charge in [0.15, 0.2) is 0 Å². The van der Waals surface area contributed by atoms with Crippen molar-refractivity contribution >= 4 is 5.95 Å². The summed E-state index contributed by atoms with van der Waals surface area (Å²) in [6.45, 7) is 8.83. The second kappa shape index (κ2) is 6.14. The number of nitrogens with zero attached hydrogens (tertiary/aromatic N) is 4. The Morgan fingerprint density at radius 2 is 2.11 bits per heavy atom. The van der Waals surface area contributed by atoms with Crippen LogP contribution in [-0.4, -0.2) is 48.1 Å². The van der Waals surface area contributed by atoms with E-state index in [1.165, 1.54) is 25.9 Å². The molecule has 0 amide bonds. The molecule has 1 aromatic heterocycles. The van der Waals surface area contributed by atoms with Crippen molar-refractivity contribution in [3.8, 4) is 0 Å². The third-order valence-corrected chi connectivity index (χ3v) is 3.51. The van der Waals surface area contributed by atoms with Crippen LogP contribution in [0.2, 0.25) is 0 Å². The molecule has 0 aromatic carbocycles. The molecule has 4 nitrogen and oxygen atoms in total. The second-order valence-electron chi connectivity index (χ2n) is 5.42. The number of aromatic nitrogens is 2. The van der Waals surface area contributed by atoms with Crippen LogP contribution in [0.15, 0.2) is 12.4 Å². The van der Waals surface area contributed by atoms with Crippen molar-refractivity contribution in [2.45, 2.75) is 26.7 Å². The van der Waals surface area contributed by atoms with E-state index in [2.05, 4.69) is 33.7 Å². The monoisotopic (exact) mass is 248 g/mol. The Morgan fingerprint density at radius 3 is 2.78 bits per heavy atom. The minimum absolute atomic E-state index is 0.756. The highest BCUT2D eigenvalue weighted by atomic mass is 15.3. The number of hydrogen-bond acceptors (Lipinski definition) is 4.